The number of methoxy groups -OCH3 is 1. The molecule has 3 atom stereocenters. The van der Waals surface area contributed by atoms with Crippen molar-refractivity contribution in [2.24, 2.45) is 11.8 Å². The SMILES string of the molecule is COC(=O)[C@@H]1C(=O)C2=C(C[C@H]1C)NC(C)=C(C(=O)OC1CCCCC1)[C@H]2c1cccc([N+](=O)[O-])c1. The first-order valence-electron chi connectivity index (χ1n) is 12.0. The average molecular weight is 483 g/mol. The Morgan fingerprint density at radius 1 is 1.17 bits per heavy atom. The summed E-state index contributed by atoms with van der Waals surface area (Å²) in [6, 6.07) is 5.93. The van der Waals surface area contributed by atoms with Gasteiger partial charge in [0, 0.05) is 35.0 Å². The summed E-state index contributed by atoms with van der Waals surface area (Å²) in [5.41, 5.74) is 1.93. The summed E-state index contributed by atoms with van der Waals surface area (Å²) in [5, 5.41) is 14.7. The molecule has 0 unspecified atom stereocenters. The second-order valence-electron chi connectivity index (χ2n) is 9.55. The third-order valence-corrected chi connectivity index (χ3v) is 7.20. The van der Waals surface area contributed by atoms with Gasteiger partial charge in [0.2, 0.25) is 0 Å². The third-order valence-electron chi connectivity index (χ3n) is 7.20. The zero-order valence-corrected chi connectivity index (χ0v) is 20.2. The van der Waals surface area contributed by atoms with Crippen molar-refractivity contribution in [1.82, 2.24) is 5.32 Å². The summed E-state index contributed by atoms with van der Waals surface area (Å²) in [4.78, 5) is 50.7. The van der Waals surface area contributed by atoms with Crippen molar-refractivity contribution in [3.8, 4) is 0 Å². The number of allylic oxidation sites excluding steroid dienone is 3. The lowest BCUT2D eigenvalue weighted by atomic mass is 9.69. The van der Waals surface area contributed by atoms with Crippen molar-refractivity contribution in [3.63, 3.8) is 0 Å². The van der Waals surface area contributed by atoms with Crippen LogP contribution in [-0.2, 0) is 23.9 Å². The fourth-order valence-corrected chi connectivity index (χ4v) is 5.50. The topological polar surface area (TPSA) is 125 Å². The van der Waals surface area contributed by atoms with Crippen LogP contribution in [0.15, 0.2) is 46.8 Å². The number of non-ortho nitro benzene ring substituents is 1. The van der Waals surface area contributed by atoms with E-state index in [0.29, 0.717) is 23.4 Å². The van der Waals surface area contributed by atoms with Gasteiger partial charge in [-0.3, -0.25) is 19.7 Å². The number of nitrogens with one attached hydrogen (secondary N) is 1. The number of carbonyl (C=O) groups excluding carboxylic acids is 3. The predicted molar refractivity (Wildman–Crippen MR) is 126 cm³/mol. The Labute approximate surface area is 203 Å². The second-order valence-corrected chi connectivity index (χ2v) is 9.55. The summed E-state index contributed by atoms with van der Waals surface area (Å²) in [6.07, 6.45) is 4.82. The standard InChI is InChI=1S/C26H30N2O7/c1-14-12-19-23(24(29)20(14)25(30)34-3)22(16-8-7-9-17(13-16)28(32)33)21(15(2)27-19)26(31)35-18-10-5-4-6-11-18/h7-9,13-14,18,20,22,27H,4-6,10-12H2,1-3H3/t14-,20+,22-/m1/s1. The number of nitro groups is 1. The summed E-state index contributed by atoms with van der Waals surface area (Å²) in [6.45, 7) is 3.55. The summed E-state index contributed by atoms with van der Waals surface area (Å²) >= 11 is 0. The van der Waals surface area contributed by atoms with E-state index < -0.39 is 34.5 Å². The van der Waals surface area contributed by atoms with E-state index in [1.165, 1.54) is 25.3 Å². The Balaban J connectivity index is 1.82. The molecule has 2 aliphatic carbocycles. The van der Waals surface area contributed by atoms with Crippen LogP contribution in [0.4, 0.5) is 5.69 Å². The first-order valence-corrected chi connectivity index (χ1v) is 12.0. The molecule has 9 nitrogen and oxygen atoms in total. The molecule has 1 saturated carbocycles. The Hall–Kier alpha value is -3.49. The van der Waals surface area contributed by atoms with Crippen LogP contribution in [-0.4, -0.2) is 35.9 Å². The van der Waals surface area contributed by atoms with Gasteiger partial charge in [0.1, 0.15) is 12.0 Å². The number of nitro benzene ring substituents is 1. The molecule has 0 spiro atoms. The van der Waals surface area contributed by atoms with Crippen LogP contribution >= 0.6 is 0 Å². The van der Waals surface area contributed by atoms with Crippen LogP contribution in [0, 0.1) is 22.0 Å². The van der Waals surface area contributed by atoms with Crippen molar-refractivity contribution >= 4 is 23.4 Å². The molecular formula is C26H30N2O7. The number of dihydropyridines is 1. The van der Waals surface area contributed by atoms with E-state index in [9.17, 15) is 24.5 Å². The molecule has 1 fully saturated rings. The highest BCUT2D eigenvalue weighted by Gasteiger charge is 2.47. The minimum Gasteiger partial charge on any atom is -0.468 e. The molecule has 1 aliphatic heterocycles. The van der Waals surface area contributed by atoms with Crippen LogP contribution in [0.1, 0.15) is 63.9 Å². The van der Waals surface area contributed by atoms with E-state index in [2.05, 4.69) is 5.32 Å². The molecule has 0 saturated heterocycles. The highest BCUT2D eigenvalue weighted by Crippen LogP contribution is 2.46. The molecular weight excluding hydrogens is 452 g/mol. The van der Waals surface area contributed by atoms with Gasteiger partial charge in [0.05, 0.1) is 17.6 Å². The highest BCUT2D eigenvalue weighted by atomic mass is 16.6. The van der Waals surface area contributed by atoms with Crippen molar-refractivity contribution in [2.45, 2.75) is 64.4 Å². The highest BCUT2D eigenvalue weighted by molar-refractivity contribution is 6.12. The van der Waals surface area contributed by atoms with Crippen molar-refractivity contribution in [2.75, 3.05) is 7.11 Å². The van der Waals surface area contributed by atoms with Crippen molar-refractivity contribution < 1.29 is 28.8 Å². The average Bonchev–Trinajstić information content (AvgIpc) is 2.83. The van der Waals surface area contributed by atoms with Crippen LogP contribution in [0.5, 0.6) is 0 Å². The van der Waals surface area contributed by atoms with Gasteiger partial charge in [0.25, 0.3) is 5.69 Å². The van der Waals surface area contributed by atoms with E-state index in [1.54, 1.807) is 19.9 Å². The lowest BCUT2D eigenvalue weighted by molar-refractivity contribution is -0.384. The second kappa shape index (κ2) is 10.0. The van der Waals surface area contributed by atoms with E-state index in [0.717, 1.165) is 32.1 Å². The number of Topliss-reactive ketones (excluding diaryl/α,β-unsaturated/α-hetero) is 1. The number of rotatable bonds is 5. The minimum atomic E-state index is -1.02. The molecule has 1 N–H and O–H groups in total. The van der Waals surface area contributed by atoms with Crippen LogP contribution in [0.2, 0.25) is 0 Å². The molecule has 35 heavy (non-hydrogen) atoms. The van der Waals surface area contributed by atoms with E-state index in [-0.39, 0.29) is 28.9 Å². The third kappa shape index (κ3) is 4.72. The minimum absolute atomic E-state index is 0.151. The predicted octanol–water partition coefficient (Wildman–Crippen LogP) is 4.08. The molecule has 1 aromatic rings. The van der Waals surface area contributed by atoms with Crippen LogP contribution < -0.4 is 5.32 Å². The van der Waals surface area contributed by atoms with Crippen LogP contribution in [0.25, 0.3) is 0 Å². The van der Waals surface area contributed by atoms with E-state index >= 15 is 0 Å². The van der Waals surface area contributed by atoms with Crippen LogP contribution in [0.3, 0.4) is 0 Å². The maximum absolute atomic E-state index is 13.7. The molecule has 1 aromatic carbocycles. The number of nitrogens with zero attached hydrogens (tertiary/aromatic N) is 1. The molecule has 186 valence electrons. The quantitative estimate of drug-likeness (QED) is 0.288. The Bertz CT molecular complexity index is 1130. The fraction of sp³-hybridized carbons (Fsp3) is 0.500. The smallest absolute Gasteiger partial charge is 0.337 e. The van der Waals surface area contributed by atoms with Gasteiger partial charge in [-0.05, 0) is 50.5 Å². The zero-order chi connectivity index (χ0) is 25.3. The molecule has 1 heterocycles. The fourth-order valence-electron chi connectivity index (χ4n) is 5.50. The summed E-state index contributed by atoms with van der Waals surface area (Å²) < 4.78 is 10.8. The molecule has 0 amide bonds. The Kier molecular flexibility index (Phi) is 7.05. The molecule has 0 aromatic heterocycles. The van der Waals surface area contributed by atoms with Gasteiger partial charge < -0.3 is 14.8 Å². The number of hydrogen-bond acceptors (Lipinski definition) is 8. The number of benzene rings is 1. The first kappa shape index (κ1) is 24.6. The van der Waals surface area contributed by atoms with Crippen molar-refractivity contribution in [1.29, 1.82) is 0 Å². The molecule has 0 radical (unpaired) electrons. The molecule has 9 heteroatoms. The lowest BCUT2D eigenvalue weighted by Crippen LogP contribution is -2.43. The number of ether oxygens (including phenoxy) is 2. The van der Waals surface area contributed by atoms with Gasteiger partial charge in [-0.15, -0.1) is 0 Å². The molecule has 0 bridgehead atoms. The van der Waals surface area contributed by atoms with Gasteiger partial charge in [-0.1, -0.05) is 25.5 Å². The largest absolute Gasteiger partial charge is 0.468 e. The number of hydrogen-bond donors (Lipinski definition) is 1. The molecule has 3 aliphatic rings. The maximum atomic E-state index is 13.7. The Morgan fingerprint density at radius 2 is 1.89 bits per heavy atom. The lowest BCUT2D eigenvalue weighted by Gasteiger charge is -2.38. The Morgan fingerprint density at radius 3 is 2.54 bits per heavy atom. The maximum Gasteiger partial charge on any atom is 0.337 e. The summed E-state index contributed by atoms with van der Waals surface area (Å²) in [5.74, 6) is -3.85. The van der Waals surface area contributed by atoms with Crippen molar-refractivity contribution in [3.05, 3.63) is 62.5 Å². The number of ketones is 1. The normalized spacial score (nSPS) is 25.0. The zero-order valence-electron chi connectivity index (χ0n) is 20.2. The van der Waals surface area contributed by atoms with Gasteiger partial charge in [-0.2, -0.15) is 0 Å². The van der Waals surface area contributed by atoms with E-state index in [4.69, 9.17) is 9.47 Å². The summed E-state index contributed by atoms with van der Waals surface area (Å²) in [7, 11) is 1.24. The first-order chi connectivity index (χ1) is 16.7. The number of esters is 2. The van der Waals surface area contributed by atoms with Gasteiger partial charge >= 0.3 is 11.9 Å². The monoisotopic (exact) mass is 482 g/mol. The molecule has 4 rings (SSSR count). The van der Waals surface area contributed by atoms with E-state index in [1.807, 2.05) is 0 Å². The number of carbonyl (C=O) groups is 3. The van der Waals surface area contributed by atoms with Gasteiger partial charge in [-0.25, -0.2) is 4.79 Å². The van der Waals surface area contributed by atoms with Gasteiger partial charge in [0.15, 0.2) is 5.78 Å².